The van der Waals surface area contributed by atoms with Gasteiger partial charge < -0.3 is 10.0 Å². The topological polar surface area (TPSA) is 23.5 Å². The quantitative estimate of drug-likeness (QED) is 0.721. The molecule has 1 rings (SSSR count). The molecule has 1 aliphatic rings. The van der Waals surface area contributed by atoms with Crippen LogP contribution < -0.4 is 0 Å². The lowest BCUT2D eigenvalue weighted by molar-refractivity contribution is 0.127. The van der Waals surface area contributed by atoms with Gasteiger partial charge in [-0.1, -0.05) is 20.3 Å². The normalized spacial score (nSPS) is 27.5. The minimum atomic E-state index is 0.327. The average molecular weight is 185 g/mol. The molecular weight excluding hydrogens is 162 g/mol. The minimum Gasteiger partial charge on any atom is -0.396 e. The van der Waals surface area contributed by atoms with Gasteiger partial charge in [0.15, 0.2) is 0 Å². The summed E-state index contributed by atoms with van der Waals surface area (Å²) in [4.78, 5) is 2.51. The van der Waals surface area contributed by atoms with Gasteiger partial charge in [0, 0.05) is 19.7 Å². The summed E-state index contributed by atoms with van der Waals surface area (Å²) in [5, 5.41) is 8.96. The van der Waals surface area contributed by atoms with Gasteiger partial charge in [-0.25, -0.2) is 0 Å². The summed E-state index contributed by atoms with van der Waals surface area (Å²) in [5.41, 5.74) is 0. The number of piperidine rings is 1. The van der Waals surface area contributed by atoms with Crippen LogP contribution in [0, 0.1) is 11.8 Å². The molecule has 2 atom stereocenters. The molecule has 2 nitrogen and oxygen atoms in total. The number of hydrogen-bond donors (Lipinski definition) is 1. The summed E-state index contributed by atoms with van der Waals surface area (Å²) < 4.78 is 0. The van der Waals surface area contributed by atoms with Crippen molar-refractivity contribution < 1.29 is 5.11 Å². The van der Waals surface area contributed by atoms with Gasteiger partial charge in [-0.3, -0.25) is 0 Å². The number of aliphatic hydroxyl groups excluding tert-OH is 1. The first-order valence-corrected chi connectivity index (χ1v) is 5.59. The first kappa shape index (κ1) is 11.0. The van der Waals surface area contributed by atoms with Crippen molar-refractivity contribution >= 4 is 0 Å². The molecule has 13 heavy (non-hydrogen) atoms. The maximum atomic E-state index is 8.96. The highest BCUT2D eigenvalue weighted by Crippen LogP contribution is 2.19. The van der Waals surface area contributed by atoms with Crippen LogP contribution in [0.5, 0.6) is 0 Å². The highest BCUT2D eigenvalue weighted by atomic mass is 16.3. The van der Waals surface area contributed by atoms with Gasteiger partial charge >= 0.3 is 0 Å². The Morgan fingerprint density at radius 2 is 2.31 bits per heavy atom. The fraction of sp³-hybridized carbons (Fsp3) is 1.00. The summed E-state index contributed by atoms with van der Waals surface area (Å²) in [6.07, 6.45) is 4.06. The van der Waals surface area contributed by atoms with E-state index in [9.17, 15) is 0 Å². The molecule has 1 aliphatic heterocycles. The van der Waals surface area contributed by atoms with Gasteiger partial charge in [-0.2, -0.15) is 0 Å². The molecule has 0 aromatic rings. The fourth-order valence-corrected chi connectivity index (χ4v) is 2.15. The first-order chi connectivity index (χ1) is 6.26. The van der Waals surface area contributed by atoms with Crippen molar-refractivity contribution in [1.29, 1.82) is 0 Å². The Kier molecular flexibility index (Phi) is 4.74. The predicted molar refractivity (Wildman–Crippen MR) is 55.7 cm³/mol. The van der Waals surface area contributed by atoms with Crippen molar-refractivity contribution in [3.05, 3.63) is 0 Å². The largest absolute Gasteiger partial charge is 0.396 e. The molecule has 0 aromatic carbocycles. The van der Waals surface area contributed by atoms with Crippen molar-refractivity contribution in [2.24, 2.45) is 11.8 Å². The Morgan fingerprint density at radius 1 is 1.54 bits per heavy atom. The maximum Gasteiger partial charge on any atom is 0.0468 e. The number of aliphatic hydroxyl groups is 1. The third kappa shape index (κ3) is 3.65. The Morgan fingerprint density at radius 3 is 2.92 bits per heavy atom. The van der Waals surface area contributed by atoms with Crippen LogP contribution >= 0.6 is 0 Å². The minimum absolute atomic E-state index is 0.327. The van der Waals surface area contributed by atoms with Crippen LogP contribution in [0.1, 0.15) is 33.1 Å². The van der Waals surface area contributed by atoms with E-state index in [1.165, 1.54) is 32.4 Å². The monoisotopic (exact) mass is 185 g/mol. The molecule has 0 radical (unpaired) electrons. The van der Waals surface area contributed by atoms with Crippen LogP contribution in [0.2, 0.25) is 0 Å². The third-order valence-electron chi connectivity index (χ3n) is 3.06. The van der Waals surface area contributed by atoms with Crippen LogP contribution in [0.3, 0.4) is 0 Å². The van der Waals surface area contributed by atoms with Crippen molar-refractivity contribution in [1.82, 2.24) is 4.90 Å². The molecule has 2 unspecified atom stereocenters. The summed E-state index contributed by atoms with van der Waals surface area (Å²) in [6.45, 7) is 8.29. The molecule has 1 saturated heterocycles. The van der Waals surface area contributed by atoms with Gasteiger partial charge in [-0.05, 0) is 31.2 Å². The molecule has 2 heteroatoms. The van der Waals surface area contributed by atoms with E-state index >= 15 is 0 Å². The van der Waals surface area contributed by atoms with Gasteiger partial charge in [-0.15, -0.1) is 0 Å². The second-order valence-corrected chi connectivity index (χ2v) is 4.46. The molecule has 0 saturated carbocycles. The molecule has 1 N–H and O–H groups in total. The summed E-state index contributed by atoms with van der Waals surface area (Å²) in [6, 6.07) is 0. The zero-order valence-corrected chi connectivity index (χ0v) is 9.00. The highest BCUT2D eigenvalue weighted by Gasteiger charge is 2.19. The Hall–Kier alpha value is -0.0800. The second kappa shape index (κ2) is 5.61. The summed E-state index contributed by atoms with van der Waals surface area (Å²) in [7, 11) is 0. The summed E-state index contributed by atoms with van der Waals surface area (Å²) in [5.74, 6) is 1.34. The lowest BCUT2D eigenvalue weighted by Gasteiger charge is -2.33. The summed E-state index contributed by atoms with van der Waals surface area (Å²) >= 11 is 0. The Labute approximate surface area is 81.9 Å². The highest BCUT2D eigenvalue weighted by molar-refractivity contribution is 4.73. The Balaban J connectivity index is 2.25. The first-order valence-electron chi connectivity index (χ1n) is 5.59. The zero-order chi connectivity index (χ0) is 9.68. The molecular formula is C11H23NO. The van der Waals surface area contributed by atoms with Crippen LogP contribution in [0.25, 0.3) is 0 Å². The molecule has 0 aliphatic carbocycles. The number of nitrogens with zero attached hydrogens (tertiary/aromatic N) is 1. The number of likely N-dealkylation sites (tertiary alicyclic amines) is 1. The van der Waals surface area contributed by atoms with Crippen LogP contribution in [-0.2, 0) is 0 Å². The molecule has 1 heterocycles. The van der Waals surface area contributed by atoms with E-state index in [-0.39, 0.29) is 0 Å². The van der Waals surface area contributed by atoms with Gasteiger partial charge in [0.1, 0.15) is 0 Å². The van der Waals surface area contributed by atoms with E-state index < -0.39 is 0 Å². The van der Waals surface area contributed by atoms with Gasteiger partial charge in [0.25, 0.3) is 0 Å². The fourth-order valence-electron chi connectivity index (χ4n) is 2.15. The molecule has 0 spiro atoms. The molecule has 0 bridgehead atoms. The second-order valence-electron chi connectivity index (χ2n) is 4.46. The third-order valence-corrected chi connectivity index (χ3v) is 3.06. The van der Waals surface area contributed by atoms with Crippen LogP contribution in [0.4, 0.5) is 0 Å². The lowest BCUT2D eigenvalue weighted by Crippen LogP contribution is -2.38. The maximum absolute atomic E-state index is 8.96. The van der Waals surface area contributed by atoms with E-state index in [1.54, 1.807) is 0 Å². The van der Waals surface area contributed by atoms with Gasteiger partial charge in [0.05, 0.1) is 0 Å². The molecule has 1 fully saturated rings. The van der Waals surface area contributed by atoms with Crippen molar-refractivity contribution in [2.75, 3.05) is 26.2 Å². The van der Waals surface area contributed by atoms with E-state index in [2.05, 4.69) is 18.7 Å². The van der Waals surface area contributed by atoms with Crippen molar-refractivity contribution in [3.63, 3.8) is 0 Å². The molecule has 78 valence electrons. The molecule has 0 amide bonds. The average Bonchev–Trinajstić information content (AvgIpc) is 2.18. The Bertz CT molecular complexity index is 136. The van der Waals surface area contributed by atoms with E-state index in [1.807, 2.05) is 0 Å². The van der Waals surface area contributed by atoms with E-state index in [4.69, 9.17) is 5.11 Å². The number of hydrogen-bond acceptors (Lipinski definition) is 2. The standard InChI is InChI=1S/C11H23NO/c1-3-11-5-4-6-12(8-11)7-10(2)9-13/h10-11,13H,3-9H2,1-2H3. The lowest BCUT2D eigenvalue weighted by atomic mass is 9.95. The zero-order valence-electron chi connectivity index (χ0n) is 9.00. The van der Waals surface area contributed by atoms with Crippen LogP contribution in [-0.4, -0.2) is 36.2 Å². The molecule has 0 aromatic heterocycles. The van der Waals surface area contributed by atoms with E-state index in [0.29, 0.717) is 12.5 Å². The predicted octanol–water partition coefficient (Wildman–Crippen LogP) is 1.74. The van der Waals surface area contributed by atoms with Gasteiger partial charge in [0.2, 0.25) is 0 Å². The van der Waals surface area contributed by atoms with Crippen molar-refractivity contribution in [2.45, 2.75) is 33.1 Å². The van der Waals surface area contributed by atoms with Crippen LogP contribution in [0.15, 0.2) is 0 Å². The number of rotatable bonds is 4. The SMILES string of the molecule is CCC1CCCN(CC(C)CO)C1. The van der Waals surface area contributed by atoms with Crippen molar-refractivity contribution in [3.8, 4) is 0 Å². The van der Waals surface area contributed by atoms with E-state index in [0.717, 1.165) is 12.5 Å². The smallest absolute Gasteiger partial charge is 0.0468 e.